The highest BCUT2D eigenvalue weighted by molar-refractivity contribution is 6.36. The third kappa shape index (κ3) is 3.71. The SMILES string of the molecule is CCc1cccc(C)c1N1CC(C(=O)Nc2ccc(Cl)cc2Cl)CC1=O. The van der Waals surface area contributed by atoms with E-state index in [9.17, 15) is 9.59 Å². The Morgan fingerprint density at radius 2 is 2.04 bits per heavy atom. The fourth-order valence-corrected chi connectivity index (χ4v) is 3.77. The molecule has 2 aromatic carbocycles. The number of para-hydroxylation sites is 1. The van der Waals surface area contributed by atoms with E-state index in [0.29, 0.717) is 22.3 Å². The van der Waals surface area contributed by atoms with Gasteiger partial charge in [-0.2, -0.15) is 0 Å². The Balaban J connectivity index is 1.78. The number of benzene rings is 2. The van der Waals surface area contributed by atoms with Crippen molar-refractivity contribution in [3.8, 4) is 0 Å². The minimum Gasteiger partial charge on any atom is -0.324 e. The van der Waals surface area contributed by atoms with Crippen LogP contribution in [-0.4, -0.2) is 18.4 Å². The number of rotatable bonds is 4. The van der Waals surface area contributed by atoms with Crippen LogP contribution in [0.4, 0.5) is 11.4 Å². The summed E-state index contributed by atoms with van der Waals surface area (Å²) in [6.45, 7) is 4.42. The molecule has 1 unspecified atom stereocenters. The molecule has 1 N–H and O–H groups in total. The maximum Gasteiger partial charge on any atom is 0.229 e. The number of amides is 2. The van der Waals surface area contributed by atoms with Crippen molar-refractivity contribution in [3.63, 3.8) is 0 Å². The van der Waals surface area contributed by atoms with Crippen LogP contribution >= 0.6 is 23.2 Å². The summed E-state index contributed by atoms with van der Waals surface area (Å²) in [6, 6.07) is 10.9. The number of nitrogens with zero attached hydrogens (tertiary/aromatic N) is 1. The summed E-state index contributed by atoms with van der Waals surface area (Å²) in [5.41, 5.74) is 3.58. The molecule has 0 bridgehead atoms. The number of anilines is 2. The van der Waals surface area contributed by atoms with Crippen molar-refractivity contribution in [2.75, 3.05) is 16.8 Å². The molecule has 3 rings (SSSR count). The van der Waals surface area contributed by atoms with Crippen LogP contribution in [0.5, 0.6) is 0 Å². The van der Waals surface area contributed by atoms with Gasteiger partial charge >= 0.3 is 0 Å². The molecule has 0 saturated carbocycles. The van der Waals surface area contributed by atoms with E-state index in [1.807, 2.05) is 25.1 Å². The number of carbonyl (C=O) groups excluding carboxylic acids is 2. The van der Waals surface area contributed by atoms with Gasteiger partial charge in [0.2, 0.25) is 11.8 Å². The summed E-state index contributed by atoms with van der Waals surface area (Å²) in [7, 11) is 0. The van der Waals surface area contributed by atoms with E-state index in [-0.39, 0.29) is 18.2 Å². The zero-order valence-corrected chi connectivity index (χ0v) is 16.2. The summed E-state index contributed by atoms with van der Waals surface area (Å²) in [5.74, 6) is -0.661. The highest BCUT2D eigenvalue weighted by Gasteiger charge is 2.36. The van der Waals surface area contributed by atoms with Crippen LogP contribution in [0.1, 0.15) is 24.5 Å². The molecule has 26 heavy (non-hydrogen) atoms. The first-order valence-corrected chi connectivity index (χ1v) is 9.31. The second-order valence-electron chi connectivity index (χ2n) is 6.46. The summed E-state index contributed by atoms with van der Waals surface area (Å²) in [5, 5.41) is 3.68. The van der Waals surface area contributed by atoms with Gasteiger partial charge in [0.15, 0.2) is 0 Å². The summed E-state index contributed by atoms with van der Waals surface area (Å²) >= 11 is 12.0. The number of carbonyl (C=O) groups is 2. The second kappa shape index (κ2) is 7.68. The second-order valence-corrected chi connectivity index (χ2v) is 7.30. The van der Waals surface area contributed by atoms with E-state index in [0.717, 1.165) is 23.2 Å². The standard InChI is InChI=1S/C20H20Cl2N2O2/c1-3-13-6-4-5-12(2)19(13)24-11-14(9-18(24)25)20(26)23-17-8-7-15(21)10-16(17)22/h4-8,10,14H,3,9,11H2,1-2H3,(H,23,26). The topological polar surface area (TPSA) is 49.4 Å². The molecule has 4 nitrogen and oxygen atoms in total. The Labute approximate surface area is 163 Å². The number of halogens is 2. The Morgan fingerprint density at radius 3 is 2.73 bits per heavy atom. The molecule has 2 aromatic rings. The monoisotopic (exact) mass is 390 g/mol. The van der Waals surface area contributed by atoms with E-state index < -0.39 is 5.92 Å². The molecule has 1 aliphatic heterocycles. The highest BCUT2D eigenvalue weighted by atomic mass is 35.5. The largest absolute Gasteiger partial charge is 0.324 e. The van der Waals surface area contributed by atoms with E-state index in [4.69, 9.17) is 23.2 Å². The Bertz CT molecular complexity index is 867. The Kier molecular flexibility index (Phi) is 5.54. The first-order valence-electron chi connectivity index (χ1n) is 8.55. The van der Waals surface area contributed by atoms with E-state index in [2.05, 4.69) is 12.2 Å². The molecule has 2 amide bonds. The minimum absolute atomic E-state index is 0.0312. The van der Waals surface area contributed by atoms with Gasteiger partial charge in [0.25, 0.3) is 0 Å². The third-order valence-electron chi connectivity index (χ3n) is 4.66. The van der Waals surface area contributed by atoms with Crippen LogP contribution in [0.15, 0.2) is 36.4 Å². The summed E-state index contributed by atoms with van der Waals surface area (Å²) < 4.78 is 0. The summed E-state index contributed by atoms with van der Waals surface area (Å²) in [6.07, 6.45) is 1.02. The summed E-state index contributed by atoms with van der Waals surface area (Å²) in [4.78, 5) is 26.9. The van der Waals surface area contributed by atoms with Crippen molar-refractivity contribution in [2.45, 2.75) is 26.7 Å². The molecule has 0 aliphatic carbocycles. The third-order valence-corrected chi connectivity index (χ3v) is 5.20. The zero-order valence-electron chi connectivity index (χ0n) is 14.7. The van der Waals surface area contributed by atoms with Crippen molar-refractivity contribution in [1.29, 1.82) is 0 Å². The molecular formula is C20H20Cl2N2O2. The van der Waals surface area contributed by atoms with Gasteiger partial charge in [-0.3, -0.25) is 9.59 Å². The molecule has 1 aliphatic rings. The molecule has 0 spiro atoms. The van der Waals surface area contributed by atoms with Gasteiger partial charge in [0.1, 0.15) is 0 Å². The molecule has 136 valence electrons. The molecule has 1 atom stereocenters. The van der Waals surface area contributed by atoms with Gasteiger partial charge < -0.3 is 10.2 Å². The first kappa shape index (κ1) is 18.7. The van der Waals surface area contributed by atoms with Gasteiger partial charge in [-0.05, 0) is 42.7 Å². The van der Waals surface area contributed by atoms with Gasteiger partial charge in [0.05, 0.1) is 16.6 Å². The van der Waals surface area contributed by atoms with Gasteiger partial charge in [-0.15, -0.1) is 0 Å². The van der Waals surface area contributed by atoms with Crippen molar-refractivity contribution in [2.24, 2.45) is 5.92 Å². The molecule has 1 saturated heterocycles. The van der Waals surface area contributed by atoms with E-state index in [1.54, 1.807) is 23.1 Å². The average molecular weight is 391 g/mol. The predicted molar refractivity (Wildman–Crippen MR) is 106 cm³/mol. The minimum atomic E-state index is -0.418. The van der Waals surface area contributed by atoms with Crippen molar-refractivity contribution in [1.82, 2.24) is 0 Å². The van der Waals surface area contributed by atoms with Gasteiger partial charge in [-0.25, -0.2) is 0 Å². The van der Waals surface area contributed by atoms with E-state index in [1.165, 1.54) is 0 Å². The molecular weight excluding hydrogens is 371 g/mol. The Hall–Kier alpha value is -2.04. The number of hydrogen-bond donors (Lipinski definition) is 1. The normalized spacial score (nSPS) is 16.8. The van der Waals surface area contributed by atoms with Crippen LogP contribution in [0.2, 0.25) is 10.0 Å². The smallest absolute Gasteiger partial charge is 0.229 e. The van der Waals surface area contributed by atoms with Crippen LogP contribution in [0.3, 0.4) is 0 Å². The van der Waals surface area contributed by atoms with Crippen molar-refractivity contribution in [3.05, 3.63) is 57.6 Å². The van der Waals surface area contributed by atoms with Gasteiger partial charge in [0, 0.05) is 23.7 Å². The maximum absolute atomic E-state index is 12.6. The lowest BCUT2D eigenvalue weighted by Gasteiger charge is -2.22. The van der Waals surface area contributed by atoms with Crippen LogP contribution in [-0.2, 0) is 16.0 Å². The fourth-order valence-electron chi connectivity index (χ4n) is 3.32. The molecule has 0 aromatic heterocycles. The molecule has 1 heterocycles. The lowest BCUT2D eigenvalue weighted by Crippen LogP contribution is -2.29. The highest BCUT2D eigenvalue weighted by Crippen LogP contribution is 2.33. The predicted octanol–water partition coefficient (Wildman–Crippen LogP) is 4.86. The van der Waals surface area contributed by atoms with Crippen LogP contribution in [0.25, 0.3) is 0 Å². The molecule has 0 radical (unpaired) electrons. The lowest BCUT2D eigenvalue weighted by atomic mass is 10.0. The zero-order chi connectivity index (χ0) is 18.8. The maximum atomic E-state index is 12.6. The van der Waals surface area contributed by atoms with Crippen LogP contribution < -0.4 is 10.2 Å². The fraction of sp³-hybridized carbons (Fsp3) is 0.300. The first-order chi connectivity index (χ1) is 12.4. The van der Waals surface area contributed by atoms with Gasteiger partial charge in [-0.1, -0.05) is 48.3 Å². The Morgan fingerprint density at radius 1 is 1.27 bits per heavy atom. The molecule has 6 heteroatoms. The molecule has 1 fully saturated rings. The van der Waals surface area contributed by atoms with Crippen LogP contribution in [0, 0.1) is 12.8 Å². The van der Waals surface area contributed by atoms with Crippen molar-refractivity contribution >= 4 is 46.4 Å². The average Bonchev–Trinajstić information content (AvgIpc) is 2.98. The van der Waals surface area contributed by atoms with E-state index >= 15 is 0 Å². The number of hydrogen-bond acceptors (Lipinski definition) is 2. The van der Waals surface area contributed by atoms with Crippen molar-refractivity contribution < 1.29 is 9.59 Å². The number of nitrogens with one attached hydrogen (secondary N) is 1. The lowest BCUT2D eigenvalue weighted by molar-refractivity contribution is -0.122. The number of aryl methyl sites for hydroxylation is 2. The quantitative estimate of drug-likeness (QED) is 0.810.